The zero-order chi connectivity index (χ0) is 34.4. The smallest absolute Gasteiger partial charge is 0.475 e. The Balaban J connectivity index is 0.000000644. The molecule has 3 amide bonds. The summed E-state index contributed by atoms with van der Waals surface area (Å²) in [6.45, 7) is 2.52. The van der Waals surface area contributed by atoms with Crippen LogP contribution < -0.4 is 5.32 Å². The van der Waals surface area contributed by atoms with Crippen molar-refractivity contribution in [3.8, 4) is 0 Å². The number of fused-ring (bicyclic) bond motifs is 1. The number of halogens is 3. The first-order valence-corrected chi connectivity index (χ1v) is 14.8. The summed E-state index contributed by atoms with van der Waals surface area (Å²) in [7, 11) is 1.29. The van der Waals surface area contributed by atoms with Gasteiger partial charge in [-0.25, -0.2) is 4.79 Å². The Labute approximate surface area is 269 Å². The fourth-order valence-corrected chi connectivity index (χ4v) is 6.14. The number of carbonyl (C=O) groups is 5. The molecule has 2 heterocycles. The molecule has 10 nitrogen and oxygen atoms in total. The molecule has 0 aromatic heterocycles. The number of likely N-dealkylation sites (tertiary alicyclic amines) is 1. The first kappa shape index (κ1) is 34.8. The van der Waals surface area contributed by atoms with Crippen LogP contribution >= 0.6 is 0 Å². The average Bonchev–Trinajstić information content (AvgIpc) is 3.52. The number of likely N-dealkylation sites (N-methyl/N-ethyl adjacent to an activating group) is 1. The van der Waals surface area contributed by atoms with E-state index in [9.17, 15) is 32.3 Å². The van der Waals surface area contributed by atoms with Crippen LogP contribution in [0.5, 0.6) is 0 Å². The second kappa shape index (κ2) is 14.6. The molecule has 2 saturated heterocycles. The first-order valence-electron chi connectivity index (χ1n) is 14.8. The molecule has 0 saturated carbocycles. The van der Waals surface area contributed by atoms with Crippen LogP contribution in [0.4, 0.5) is 13.2 Å². The minimum atomic E-state index is -5.08. The van der Waals surface area contributed by atoms with Crippen molar-refractivity contribution in [2.75, 3.05) is 20.2 Å². The third-order valence-corrected chi connectivity index (χ3v) is 8.26. The summed E-state index contributed by atoms with van der Waals surface area (Å²) in [5.74, 6) is -6.12. The molecule has 13 heteroatoms. The van der Waals surface area contributed by atoms with Crippen molar-refractivity contribution >= 4 is 29.7 Å². The number of carboxylic acids is 1. The summed E-state index contributed by atoms with van der Waals surface area (Å²) in [6, 6.07) is 27.0. The molecule has 0 radical (unpaired) electrons. The summed E-state index contributed by atoms with van der Waals surface area (Å²) in [5, 5.41) is 10.5. The van der Waals surface area contributed by atoms with E-state index < -0.39 is 47.4 Å². The van der Waals surface area contributed by atoms with Crippen LogP contribution in [0, 0.1) is 11.8 Å². The zero-order valence-electron chi connectivity index (χ0n) is 25.6. The molecular weight excluding hydrogens is 619 g/mol. The van der Waals surface area contributed by atoms with E-state index in [2.05, 4.69) is 5.32 Å². The molecule has 5 rings (SSSR count). The molecule has 4 atom stereocenters. The number of imide groups is 1. The van der Waals surface area contributed by atoms with Gasteiger partial charge in [0.2, 0.25) is 11.8 Å². The van der Waals surface area contributed by atoms with Crippen molar-refractivity contribution in [1.82, 2.24) is 15.1 Å². The predicted octanol–water partition coefficient (Wildman–Crippen LogP) is 3.71. The molecule has 3 aromatic rings. The average molecular weight is 654 g/mol. The number of rotatable bonds is 9. The normalized spacial score (nSPS) is 21.8. The lowest BCUT2D eigenvalue weighted by molar-refractivity contribution is -0.192. The van der Waals surface area contributed by atoms with Crippen LogP contribution in [0.2, 0.25) is 0 Å². The molecule has 0 aliphatic carbocycles. The van der Waals surface area contributed by atoms with Gasteiger partial charge in [-0.05, 0) is 30.2 Å². The summed E-state index contributed by atoms with van der Waals surface area (Å²) >= 11 is 0. The number of ether oxygens (including phenoxy) is 1. The van der Waals surface area contributed by atoms with E-state index in [-0.39, 0.29) is 31.3 Å². The van der Waals surface area contributed by atoms with Gasteiger partial charge in [-0.15, -0.1) is 0 Å². The lowest BCUT2D eigenvalue weighted by Gasteiger charge is -2.33. The summed E-state index contributed by atoms with van der Waals surface area (Å²) < 4.78 is 37.0. The van der Waals surface area contributed by atoms with Gasteiger partial charge in [-0.2, -0.15) is 13.2 Å². The Morgan fingerprint density at radius 1 is 0.894 bits per heavy atom. The second-order valence-electron chi connectivity index (χ2n) is 11.1. The molecule has 2 N–H and O–H groups in total. The fourth-order valence-electron chi connectivity index (χ4n) is 6.14. The third-order valence-electron chi connectivity index (χ3n) is 8.26. The molecule has 248 valence electrons. The van der Waals surface area contributed by atoms with E-state index in [0.29, 0.717) is 12.1 Å². The van der Waals surface area contributed by atoms with Crippen molar-refractivity contribution in [2.24, 2.45) is 11.8 Å². The minimum Gasteiger partial charge on any atom is -0.475 e. The van der Waals surface area contributed by atoms with E-state index in [4.69, 9.17) is 14.6 Å². The summed E-state index contributed by atoms with van der Waals surface area (Å²) in [6.07, 6.45) is -4.92. The van der Waals surface area contributed by atoms with E-state index in [1.165, 1.54) is 12.0 Å². The molecule has 0 spiro atoms. The number of nitrogens with zero attached hydrogens (tertiary/aromatic N) is 2. The molecule has 2 fully saturated rings. The van der Waals surface area contributed by atoms with Crippen molar-refractivity contribution in [3.05, 3.63) is 108 Å². The molecule has 2 aliphatic rings. The Kier molecular flexibility index (Phi) is 10.8. The monoisotopic (exact) mass is 653 g/mol. The summed E-state index contributed by atoms with van der Waals surface area (Å²) in [5.41, 5.74) is 0.699. The minimum absolute atomic E-state index is 0.112. The van der Waals surface area contributed by atoms with Gasteiger partial charge >= 0.3 is 18.1 Å². The van der Waals surface area contributed by atoms with E-state index in [1.807, 2.05) is 73.7 Å². The van der Waals surface area contributed by atoms with Crippen LogP contribution in [-0.2, 0) is 36.9 Å². The van der Waals surface area contributed by atoms with Gasteiger partial charge in [-0.3, -0.25) is 29.4 Å². The van der Waals surface area contributed by atoms with Crippen LogP contribution in [0.15, 0.2) is 91.0 Å². The van der Waals surface area contributed by atoms with Gasteiger partial charge in [0.25, 0.3) is 5.91 Å². The van der Waals surface area contributed by atoms with Crippen LogP contribution in [-0.4, -0.2) is 82.5 Å². The maximum atomic E-state index is 14.1. The van der Waals surface area contributed by atoms with E-state index in [1.54, 1.807) is 29.2 Å². The van der Waals surface area contributed by atoms with Gasteiger partial charge in [0.1, 0.15) is 5.54 Å². The number of nitrogens with one attached hydrogen (secondary N) is 1. The topological polar surface area (TPSA) is 133 Å². The highest BCUT2D eigenvalue weighted by Crippen LogP contribution is 2.46. The van der Waals surface area contributed by atoms with Gasteiger partial charge in [0.05, 0.1) is 25.5 Å². The zero-order valence-corrected chi connectivity index (χ0v) is 25.6. The molecule has 3 aromatic carbocycles. The number of hydrogen-bond acceptors (Lipinski definition) is 7. The third kappa shape index (κ3) is 7.51. The standard InChI is InChI=1S/C32H33N3O5.C2HF3O2/c1-3-34(28(36)24-17-11-6-12-18-24)21-25-26-27(30(38)35(29(26)37)20-23-15-9-5-10-16-23)32(33-25,31(39)40-2)19-22-13-7-4-8-14-22;3-2(4,5)1(6)7/h4-18,25-27,33H,3,19-21H2,1-2H3;(H,6,7)/t25-,26+,27-,32-;/m1./s1. The van der Waals surface area contributed by atoms with Crippen LogP contribution in [0.25, 0.3) is 0 Å². The Morgan fingerprint density at radius 3 is 1.89 bits per heavy atom. The van der Waals surface area contributed by atoms with Crippen molar-refractivity contribution in [1.29, 1.82) is 0 Å². The number of carbonyl (C=O) groups excluding carboxylic acids is 4. The lowest BCUT2D eigenvalue weighted by atomic mass is 9.76. The number of carboxylic acid groups (broad SMARTS) is 1. The molecule has 0 unspecified atom stereocenters. The Morgan fingerprint density at radius 2 is 1.40 bits per heavy atom. The quantitative estimate of drug-likeness (QED) is 0.264. The molecule has 47 heavy (non-hydrogen) atoms. The molecule has 0 bridgehead atoms. The van der Waals surface area contributed by atoms with Crippen LogP contribution in [0.1, 0.15) is 28.4 Å². The van der Waals surface area contributed by atoms with Gasteiger partial charge < -0.3 is 14.7 Å². The van der Waals surface area contributed by atoms with Gasteiger partial charge in [0, 0.05) is 31.1 Å². The number of alkyl halides is 3. The summed E-state index contributed by atoms with van der Waals surface area (Å²) in [4.78, 5) is 66.9. The van der Waals surface area contributed by atoms with E-state index in [0.717, 1.165) is 11.1 Å². The fraction of sp³-hybridized carbons (Fsp3) is 0.324. The first-order chi connectivity index (χ1) is 22.3. The van der Waals surface area contributed by atoms with E-state index >= 15 is 0 Å². The Bertz CT molecular complexity index is 1590. The number of aliphatic carboxylic acids is 1. The highest BCUT2D eigenvalue weighted by Gasteiger charge is 2.68. The SMILES string of the molecule is CCN(C[C@H]1N[C@@](Cc2ccccc2)(C(=O)OC)[C@H]2C(=O)N(Cc3ccccc3)C(=O)[C@@H]12)C(=O)c1ccccc1.O=C(O)C(F)(F)F. The number of methoxy groups -OCH3 is 1. The predicted molar refractivity (Wildman–Crippen MR) is 163 cm³/mol. The number of amides is 3. The molecule has 2 aliphatic heterocycles. The van der Waals surface area contributed by atoms with Gasteiger partial charge in [0.15, 0.2) is 0 Å². The van der Waals surface area contributed by atoms with Gasteiger partial charge in [-0.1, -0.05) is 78.9 Å². The van der Waals surface area contributed by atoms with Crippen molar-refractivity contribution < 1.29 is 47.0 Å². The highest BCUT2D eigenvalue weighted by atomic mass is 19.4. The number of hydrogen-bond donors (Lipinski definition) is 2. The largest absolute Gasteiger partial charge is 0.490 e. The van der Waals surface area contributed by atoms with Crippen molar-refractivity contribution in [2.45, 2.75) is 37.6 Å². The van der Waals surface area contributed by atoms with Crippen molar-refractivity contribution in [3.63, 3.8) is 0 Å². The molecular formula is C34H34F3N3O7. The maximum Gasteiger partial charge on any atom is 0.490 e. The Hall–Kier alpha value is -5.04. The number of benzene rings is 3. The lowest BCUT2D eigenvalue weighted by Crippen LogP contribution is -2.59. The van der Waals surface area contributed by atoms with Crippen LogP contribution in [0.3, 0.4) is 0 Å². The highest BCUT2D eigenvalue weighted by molar-refractivity contribution is 6.09. The maximum absolute atomic E-state index is 14.1. The number of esters is 1. The second-order valence-corrected chi connectivity index (χ2v) is 11.1.